The quantitative estimate of drug-likeness (QED) is 0.245. The van der Waals surface area contributed by atoms with Crippen LogP contribution in [0.1, 0.15) is 23.6 Å². The van der Waals surface area contributed by atoms with E-state index in [2.05, 4.69) is 19.0 Å². The first-order valence-corrected chi connectivity index (χ1v) is 9.21. The summed E-state index contributed by atoms with van der Waals surface area (Å²) in [6.45, 7) is 2.73. The lowest BCUT2D eigenvalue weighted by atomic mass is 9.96. The van der Waals surface area contributed by atoms with Gasteiger partial charge >= 0.3 is 18.3 Å². The molecule has 0 bridgehead atoms. The molecule has 0 radical (unpaired) electrons. The molecule has 1 aromatic carbocycles. The fraction of sp³-hybridized carbons (Fsp3) is 0.444. The molecule has 10 nitrogen and oxygen atoms in total. The highest BCUT2D eigenvalue weighted by molar-refractivity contribution is 6.32. The number of aryl methyl sites for hydroxylation is 1. The van der Waals surface area contributed by atoms with Crippen LogP contribution in [-0.4, -0.2) is 49.0 Å². The number of nitrogens with zero attached hydrogens (tertiary/aromatic N) is 1. The second-order valence-electron chi connectivity index (χ2n) is 6.58. The minimum absolute atomic E-state index is 0.103. The maximum absolute atomic E-state index is 13.5. The number of benzene rings is 1. The molecule has 0 spiro atoms. The van der Waals surface area contributed by atoms with Gasteiger partial charge in [-0.3, -0.25) is 0 Å². The summed E-state index contributed by atoms with van der Waals surface area (Å²) >= 11 is 6.13. The van der Waals surface area contributed by atoms with Crippen molar-refractivity contribution in [2.75, 3.05) is 13.4 Å². The largest absolute Gasteiger partial charge is 0.511 e. The third kappa shape index (κ3) is 6.15. The molecule has 1 aromatic rings. The summed E-state index contributed by atoms with van der Waals surface area (Å²) in [6, 6.07) is 1.32. The van der Waals surface area contributed by atoms with Gasteiger partial charge < -0.3 is 23.8 Å². The van der Waals surface area contributed by atoms with Gasteiger partial charge in [-0.15, -0.1) is 10.1 Å². The molecule has 0 N–H and O–H groups in total. The number of hydrogen-bond donors (Lipinski definition) is 0. The van der Waals surface area contributed by atoms with Crippen LogP contribution in [0.4, 0.5) is 18.0 Å². The zero-order chi connectivity index (χ0) is 24.2. The number of halogens is 4. The number of rotatable bonds is 7. The van der Waals surface area contributed by atoms with E-state index in [-0.39, 0.29) is 11.3 Å². The van der Waals surface area contributed by atoms with Crippen LogP contribution in [0.5, 0.6) is 5.75 Å². The average Bonchev–Trinajstić information content (AvgIpc) is 2.69. The van der Waals surface area contributed by atoms with Gasteiger partial charge in [0, 0.05) is 10.6 Å². The maximum Gasteiger partial charge on any atom is 0.511 e. The molecule has 0 amide bonds. The smallest absolute Gasteiger partial charge is 0.475 e. The fourth-order valence-corrected chi connectivity index (χ4v) is 2.81. The Labute approximate surface area is 183 Å². The number of alkyl halides is 3. The SMILES string of the molecule is Cc1cc2c(c(C)c1Cl)C=C(C(=O)OCOC(=O)O[C@@H](C)CO[N+](=O)[O-])C(C(F)(F)F)O2. The van der Waals surface area contributed by atoms with Gasteiger partial charge in [-0.2, -0.15) is 13.2 Å². The topological polar surface area (TPSA) is 123 Å². The van der Waals surface area contributed by atoms with Crippen LogP contribution in [-0.2, 0) is 23.8 Å². The Bertz CT molecular complexity index is 949. The second-order valence-corrected chi connectivity index (χ2v) is 6.95. The maximum atomic E-state index is 13.5. The standard InChI is InChI=1S/C18H17ClF3NO9/c1-8-4-13-11(10(3)14(8)19)5-12(15(32-13)18(20,21)22)16(24)28-7-29-17(25)31-9(2)6-30-23(26)27/h4-5,9,15H,6-7H2,1-3H3/t9-,15?/m0/s1. The fourth-order valence-electron chi connectivity index (χ4n) is 2.66. The van der Waals surface area contributed by atoms with Crippen molar-refractivity contribution in [3.8, 4) is 5.75 Å². The first kappa shape index (κ1) is 25.0. The predicted molar refractivity (Wildman–Crippen MR) is 100 cm³/mol. The summed E-state index contributed by atoms with van der Waals surface area (Å²) in [5.41, 5.74) is 0.192. The van der Waals surface area contributed by atoms with Crippen LogP contribution in [0.15, 0.2) is 11.6 Å². The van der Waals surface area contributed by atoms with Gasteiger partial charge in [0.2, 0.25) is 12.9 Å². The Hall–Kier alpha value is -3.22. The van der Waals surface area contributed by atoms with E-state index < -0.39 is 54.6 Å². The molecule has 0 aromatic heterocycles. The van der Waals surface area contributed by atoms with Crippen molar-refractivity contribution < 1.29 is 51.6 Å². The van der Waals surface area contributed by atoms with Crippen LogP contribution in [0, 0.1) is 24.0 Å². The molecule has 14 heteroatoms. The molecule has 0 aliphatic carbocycles. The minimum atomic E-state index is -4.95. The van der Waals surface area contributed by atoms with Crippen LogP contribution in [0.3, 0.4) is 0 Å². The molecule has 0 saturated carbocycles. The summed E-state index contributed by atoms with van der Waals surface area (Å²) in [4.78, 5) is 37.8. The highest BCUT2D eigenvalue weighted by Gasteiger charge is 2.49. The Morgan fingerprint density at radius 1 is 1.31 bits per heavy atom. The average molecular weight is 484 g/mol. The first-order chi connectivity index (χ1) is 14.8. The molecule has 1 heterocycles. The van der Waals surface area contributed by atoms with Gasteiger partial charge in [-0.25, -0.2) is 9.59 Å². The van der Waals surface area contributed by atoms with E-state index in [9.17, 15) is 32.9 Å². The van der Waals surface area contributed by atoms with Gasteiger partial charge in [0.05, 0.1) is 5.57 Å². The minimum Gasteiger partial charge on any atom is -0.475 e. The third-order valence-electron chi connectivity index (χ3n) is 4.13. The number of fused-ring (bicyclic) bond motifs is 1. The van der Waals surface area contributed by atoms with Crippen LogP contribution >= 0.6 is 11.6 Å². The highest BCUT2D eigenvalue weighted by atomic mass is 35.5. The Balaban J connectivity index is 2.09. The van der Waals surface area contributed by atoms with E-state index in [1.54, 1.807) is 13.8 Å². The van der Waals surface area contributed by atoms with E-state index in [0.29, 0.717) is 16.1 Å². The molecule has 0 saturated heterocycles. The zero-order valence-corrected chi connectivity index (χ0v) is 17.6. The molecule has 0 fully saturated rings. The number of esters is 1. The number of carbonyl (C=O) groups excluding carboxylic acids is 2. The molecule has 1 unspecified atom stereocenters. The number of hydrogen-bond acceptors (Lipinski definition) is 9. The summed E-state index contributed by atoms with van der Waals surface area (Å²) in [7, 11) is 0. The molecule has 1 aliphatic rings. The molecule has 176 valence electrons. The van der Waals surface area contributed by atoms with Gasteiger partial charge in [-0.1, -0.05) is 11.6 Å². The summed E-state index contributed by atoms with van der Waals surface area (Å²) in [5, 5.41) is 9.26. The van der Waals surface area contributed by atoms with Crippen LogP contribution in [0.25, 0.3) is 6.08 Å². The Kier molecular flexibility index (Phi) is 7.78. The second kappa shape index (κ2) is 9.94. The van der Waals surface area contributed by atoms with Crippen LogP contribution in [0.2, 0.25) is 5.02 Å². The van der Waals surface area contributed by atoms with Crippen molar-refractivity contribution in [1.82, 2.24) is 0 Å². The molecule has 32 heavy (non-hydrogen) atoms. The summed E-state index contributed by atoms with van der Waals surface area (Å²) < 4.78 is 59.1. The van der Waals surface area contributed by atoms with Gasteiger partial charge in [0.25, 0.3) is 5.09 Å². The van der Waals surface area contributed by atoms with Crippen molar-refractivity contribution >= 4 is 29.8 Å². The lowest BCUT2D eigenvalue weighted by Gasteiger charge is -2.29. The van der Waals surface area contributed by atoms with E-state index in [1.807, 2.05) is 0 Å². The summed E-state index contributed by atoms with van der Waals surface area (Å²) in [6.07, 6.45) is -9.08. The van der Waals surface area contributed by atoms with Gasteiger partial charge in [0.1, 0.15) is 18.5 Å². The van der Waals surface area contributed by atoms with Crippen LogP contribution < -0.4 is 4.74 Å². The number of ether oxygens (including phenoxy) is 4. The van der Waals surface area contributed by atoms with E-state index in [4.69, 9.17) is 16.3 Å². The molecule has 2 rings (SSSR count). The molecule has 1 aliphatic heterocycles. The monoisotopic (exact) mass is 483 g/mol. The predicted octanol–water partition coefficient (Wildman–Crippen LogP) is 3.91. The van der Waals surface area contributed by atoms with E-state index >= 15 is 0 Å². The van der Waals surface area contributed by atoms with Crippen molar-refractivity contribution in [2.24, 2.45) is 0 Å². The Morgan fingerprint density at radius 2 is 1.97 bits per heavy atom. The van der Waals surface area contributed by atoms with Crippen molar-refractivity contribution in [1.29, 1.82) is 0 Å². The molecule has 2 atom stereocenters. The van der Waals surface area contributed by atoms with Crippen molar-refractivity contribution in [2.45, 2.75) is 39.2 Å². The highest BCUT2D eigenvalue weighted by Crippen LogP contribution is 2.41. The zero-order valence-electron chi connectivity index (χ0n) is 16.9. The molecular weight excluding hydrogens is 467 g/mol. The number of carbonyl (C=O) groups is 2. The van der Waals surface area contributed by atoms with Crippen molar-refractivity contribution in [3.05, 3.63) is 43.5 Å². The van der Waals surface area contributed by atoms with Crippen molar-refractivity contribution in [3.63, 3.8) is 0 Å². The lowest BCUT2D eigenvalue weighted by Crippen LogP contribution is -2.41. The lowest BCUT2D eigenvalue weighted by molar-refractivity contribution is -0.759. The summed E-state index contributed by atoms with van der Waals surface area (Å²) in [5.74, 6) is -1.55. The normalized spacial score (nSPS) is 16.1. The van der Waals surface area contributed by atoms with E-state index in [1.165, 1.54) is 13.0 Å². The molecular formula is C18H17ClF3NO9. The van der Waals surface area contributed by atoms with Gasteiger partial charge in [-0.05, 0) is 44.0 Å². The Morgan fingerprint density at radius 3 is 2.56 bits per heavy atom. The third-order valence-corrected chi connectivity index (χ3v) is 4.71. The first-order valence-electron chi connectivity index (χ1n) is 8.83. The van der Waals surface area contributed by atoms with Gasteiger partial charge in [0.15, 0.2) is 0 Å². The van der Waals surface area contributed by atoms with E-state index in [0.717, 1.165) is 6.08 Å².